The average Bonchev–Trinajstić information content (AvgIpc) is 2.44. The predicted octanol–water partition coefficient (Wildman–Crippen LogP) is 2.43. The molecule has 0 spiro atoms. The van der Waals surface area contributed by atoms with Gasteiger partial charge in [-0.3, -0.25) is 0 Å². The van der Waals surface area contributed by atoms with Crippen LogP contribution in [0, 0.1) is 0 Å². The van der Waals surface area contributed by atoms with Crippen LogP contribution in [0.2, 0.25) is 0 Å². The number of anilines is 2. The maximum atomic E-state index is 12.5. The Hall–Kier alpha value is -1.49. The highest BCUT2D eigenvalue weighted by atomic mass is 32.2. The van der Waals surface area contributed by atoms with Crippen molar-refractivity contribution in [3.8, 4) is 0 Å². The predicted molar refractivity (Wildman–Crippen MR) is 71.5 cm³/mol. The molecule has 1 aliphatic heterocycles. The van der Waals surface area contributed by atoms with E-state index >= 15 is 0 Å². The van der Waals surface area contributed by atoms with Gasteiger partial charge in [-0.05, 0) is 23.8 Å². The Kier molecular flexibility index (Phi) is 2.78. The molecular formula is C14H13NO2S. The standard InChI is InChI=1S/C14H13NO2S/c1-15-11-4-2-3-5-13(11)18(17)14-8-10(9-16)6-7-12(14)15/h2-8,16H,9H2,1H3. The molecular weight excluding hydrogens is 246 g/mol. The zero-order valence-corrected chi connectivity index (χ0v) is 10.8. The second kappa shape index (κ2) is 4.31. The van der Waals surface area contributed by atoms with Gasteiger partial charge in [0.1, 0.15) is 0 Å². The number of benzene rings is 2. The molecule has 18 heavy (non-hydrogen) atoms. The number of fused-ring (bicyclic) bond motifs is 2. The van der Waals surface area contributed by atoms with Gasteiger partial charge in [-0.25, -0.2) is 0 Å². The minimum Gasteiger partial charge on any atom is -0.606 e. The average molecular weight is 259 g/mol. The number of para-hydroxylation sites is 1. The van der Waals surface area contributed by atoms with Gasteiger partial charge < -0.3 is 14.6 Å². The first kappa shape index (κ1) is 11.6. The summed E-state index contributed by atoms with van der Waals surface area (Å²) >= 11 is -1.18. The number of nitrogens with zero attached hydrogens (tertiary/aromatic N) is 1. The van der Waals surface area contributed by atoms with Crippen molar-refractivity contribution in [1.82, 2.24) is 0 Å². The maximum Gasteiger partial charge on any atom is 0.182 e. The number of hydrogen-bond donors (Lipinski definition) is 1. The molecule has 0 radical (unpaired) electrons. The largest absolute Gasteiger partial charge is 0.606 e. The second-order valence-electron chi connectivity index (χ2n) is 4.26. The molecule has 0 saturated carbocycles. The van der Waals surface area contributed by atoms with Crippen LogP contribution in [-0.2, 0) is 17.8 Å². The quantitative estimate of drug-likeness (QED) is 0.800. The molecule has 4 heteroatoms. The monoisotopic (exact) mass is 259 g/mol. The molecule has 0 saturated heterocycles. The Morgan fingerprint density at radius 2 is 1.83 bits per heavy atom. The van der Waals surface area contributed by atoms with Crippen molar-refractivity contribution < 1.29 is 9.66 Å². The van der Waals surface area contributed by atoms with E-state index in [2.05, 4.69) is 0 Å². The van der Waals surface area contributed by atoms with Crippen LogP contribution in [0.15, 0.2) is 52.3 Å². The van der Waals surface area contributed by atoms with Crippen molar-refractivity contribution in [3.63, 3.8) is 0 Å². The number of hydrogen-bond acceptors (Lipinski definition) is 3. The van der Waals surface area contributed by atoms with Crippen LogP contribution in [0.25, 0.3) is 0 Å². The number of aliphatic hydroxyl groups excluding tert-OH is 1. The molecule has 2 aromatic rings. The molecule has 0 aliphatic carbocycles. The molecule has 3 nitrogen and oxygen atoms in total. The molecule has 0 amide bonds. The van der Waals surface area contributed by atoms with Crippen molar-refractivity contribution in [2.45, 2.75) is 16.4 Å². The van der Waals surface area contributed by atoms with Crippen molar-refractivity contribution in [3.05, 3.63) is 48.0 Å². The van der Waals surface area contributed by atoms with E-state index in [-0.39, 0.29) is 6.61 Å². The fraction of sp³-hybridized carbons (Fsp3) is 0.143. The molecule has 1 N–H and O–H groups in total. The van der Waals surface area contributed by atoms with E-state index in [1.807, 2.05) is 54.4 Å². The van der Waals surface area contributed by atoms with Crippen LogP contribution in [0.3, 0.4) is 0 Å². The molecule has 0 aromatic heterocycles. The van der Waals surface area contributed by atoms with E-state index in [1.165, 1.54) is 0 Å². The van der Waals surface area contributed by atoms with Gasteiger partial charge in [-0.2, -0.15) is 0 Å². The highest BCUT2D eigenvalue weighted by molar-refractivity contribution is 7.92. The Morgan fingerprint density at radius 3 is 2.61 bits per heavy atom. The highest BCUT2D eigenvalue weighted by Gasteiger charge is 2.31. The second-order valence-corrected chi connectivity index (χ2v) is 5.67. The van der Waals surface area contributed by atoms with Gasteiger partial charge in [0, 0.05) is 24.3 Å². The lowest BCUT2D eigenvalue weighted by Crippen LogP contribution is -2.22. The topological polar surface area (TPSA) is 46.5 Å². The van der Waals surface area contributed by atoms with Crippen LogP contribution in [0.4, 0.5) is 11.4 Å². The smallest absolute Gasteiger partial charge is 0.182 e. The molecule has 1 atom stereocenters. The van der Waals surface area contributed by atoms with Crippen molar-refractivity contribution in [2.24, 2.45) is 0 Å². The zero-order chi connectivity index (χ0) is 12.7. The molecule has 1 aliphatic rings. The molecule has 3 rings (SSSR count). The van der Waals surface area contributed by atoms with Crippen LogP contribution in [-0.4, -0.2) is 16.7 Å². The summed E-state index contributed by atoms with van der Waals surface area (Å²) in [7, 11) is 1.96. The van der Waals surface area contributed by atoms with Gasteiger partial charge in [0.15, 0.2) is 9.79 Å². The first-order valence-electron chi connectivity index (χ1n) is 5.70. The highest BCUT2D eigenvalue weighted by Crippen LogP contribution is 2.43. The van der Waals surface area contributed by atoms with Gasteiger partial charge in [-0.1, -0.05) is 18.2 Å². The fourth-order valence-electron chi connectivity index (χ4n) is 2.22. The Bertz CT molecular complexity index is 600. The maximum absolute atomic E-state index is 12.5. The Balaban J connectivity index is 2.20. The normalized spacial score (nSPS) is 17.3. The van der Waals surface area contributed by atoms with Crippen LogP contribution >= 0.6 is 0 Å². The lowest BCUT2D eigenvalue weighted by molar-refractivity contribution is 0.281. The van der Waals surface area contributed by atoms with E-state index in [9.17, 15) is 9.66 Å². The fourth-order valence-corrected chi connectivity index (χ4v) is 3.71. The summed E-state index contributed by atoms with van der Waals surface area (Å²) in [4.78, 5) is 3.62. The first-order chi connectivity index (χ1) is 8.72. The van der Waals surface area contributed by atoms with Gasteiger partial charge in [0.25, 0.3) is 0 Å². The van der Waals surface area contributed by atoms with E-state index in [1.54, 1.807) is 0 Å². The Morgan fingerprint density at radius 1 is 1.11 bits per heavy atom. The first-order valence-corrected chi connectivity index (χ1v) is 6.85. The SMILES string of the molecule is CN1c2ccccc2[S+]([O-])c2cc(CO)ccc21. The summed E-state index contributed by atoms with van der Waals surface area (Å²) < 4.78 is 12.5. The molecule has 2 aromatic carbocycles. The summed E-state index contributed by atoms with van der Waals surface area (Å²) in [5.74, 6) is 0. The summed E-state index contributed by atoms with van der Waals surface area (Å²) in [6.07, 6.45) is 0. The van der Waals surface area contributed by atoms with Gasteiger partial charge in [-0.15, -0.1) is 0 Å². The van der Waals surface area contributed by atoms with Crippen LogP contribution in [0.5, 0.6) is 0 Å². The van der Waals surface area contributed by atoms with Gasteiger partial charge in [0.05, 0.1) is 18.0 Å². The lowest BCUT2D eigenvalue weighted by atomic mass is 10.2. The van der Waals surface area contributed by atoms with Crippen molar-refractivity contribution in [1.29, 1.82) is 0 Å². The summed E-state index contributed by atoms with van der Waals surface area (Å²) in [5, 5.41) is 9.17. The molecule has 0 bridgehead atoms. The number of aliphatic hydroxyl groups is 1. The zero-order valence-electron chi connectivity index (χ0n) is 9.96. The van der Waals surface area contributed by atoms with E-state index in [0.29, 0.717) is 0 Å². The molecule has 1 unspecified atom stereocenters. The van der Waals surface area contributed by atoms with E-state index in [0.717, 1.165) is 26.7 Å². The van der Waals surface area contributed by atoms with Crippen molar-refractivity contribution in [2.75, 3.05) is 11.9 Å². The minimum absolute atomic E-state index is 0.0319. The third kappa shape index (κ3) is 1.61. The van der Waals surface area contributed by atoms with E-state index < -0.39 is 11.2 Å². The number of rotatable bonds is 1. The Labute approximate surface area is 109 Å². The summed E-state index contributed by atoms with van der Waals surface area (Å²) in [6, 6.07) is 13.3. The minimum atomic E-state index is -1.18. The van der Waals surface area contributed by atoms with Crippen LogP contribution in [0.1, 0.15) is 5.56 Å². The lowest BCUT2D eigenvalue weighted by Gasteiger charge is -2.30. The summed E-state index contributed by atoms with van der Waals surface area (Å²) in [6.45, 7) is -0.0319. The van der Waals surface area contributed by atoms with Gasteiger partial charge >= 0.3 is 0 Å². The van der Waals surface area contributed by atoms with Gasteiger partial charge in [0.2, 0.25) is 0 Å². The third-order valence-corrected chi connectivity index (χ3v) is 4.67. The van der Waals surface area contributed by atoms with Crippen LogP contribution < -0.4 is 4.90 Å². The van der Waals surface area contributed by atoms with Crippen molar-refractivity contribution >= 4 is 22.6 Å². The summed E-state index contributed by atoms with van der Waals surface area (Å²) in [5.41, 5.74) is 2.69. The van der Waals surface area contributed by atoms with E-state index in [4.69, 9.17) is 0 Å². The molecule has 92 valence electrons. The third-order valence-electron chi connectivity index (χ3n) is 3.19. The molecule has 1 heterocycles. The molecule has 0 fully saturated rings.